The van der Waals surface area contributed by atoms with Crippen LogP contribution in [-0.2, 0) is 9.53 Å². The van der Waals surface area contributed by atoms with E-state index in [2.05, 4.69) is 11.7 Å². The van der Waals surface area contributed by atoms with Gasteiger partial charge in [-0.3, -0.25) is 4.79 Å². The quantitative estimate of drug-likeness (QED) is 0.321. The second-order valence-corrected chi connectivity index (χ2v) is 4.86. The van der Waals surface area contributed by atoms with Crippen molar-refractivity contribution in [2.24, 2.45) is 0 Å². The van der Waals surface area contributed by atoms with Crippen molar-refractivity contribution in [3.63, 3.8) is 0 Å². The van der Waals surface area contributed by atoms with Gasteiger partial charge in [-0.2, -0.15) is 0 Å². The molecule has 0 amide bonds. The fourth-order valence-corrected chi connectivity index (χ4v) is 2.07. The minimum absolute atomic E-state index is 0.540. The van der Waals surface area contributed by atoms with Gasteiger partial charge in [0.2, 0.25) is 0 Å². The predicted octanol–water partition coefficient (Wildman–Crippen LogP) is 4.86. The van der Waals surface area contributed by atoms with Crippen molar-refractivity contribution in [3.8, 4) is 0 Å². The number of carbonyl (C=O) groups excluding carboxylic acids is 1. The summed E-state index contributed by atoms with van der Waals surface area (Å²) < 4.78 is 4.64. The van der Waals surface area contributed by atoms with Crippen LogP contribution in [0.4, 0.5) is 0 Å². The maximum atomic E-state index is 9.88. The largest absolute Gasteiger partial charge is 0.468 e. The van der Waals surface area contributed by atoms with Crippen LogP contribution in [0.3, 0.4) is 0 Å². The molecule has 0 aliphatic rings. The number of unbranched alkanes of at least 4 members (excludes halogenated alkanes) is 11. The molecule has 0 bridgehead atoms. The lowest BCUT2D eigenvalue weighted by Crippen LogP contribution is -1.91. The normalized spacial score (nSPS) is 10.4. The Morgan fingerprint density at radius 2 is 1.12 bits per heavy atom. The first-order chi connectivity index (χ1) is 8.41. The first kappa shape index (κ1) is 16.5. The van der Waals surface area contributed by atoms with Gasteiger partial charge in [0.05, 0.1) is 6.61 Å². The van der Waals surface area contributed by atoms with Crippen LogP contribution in [0, 0.1) is 0 Å². The molecule has 0 spiro atoms. The third-order valence-corrected chi connectivity index (χ3v) is 3.18. The molecule has 0 atom stereocenters. The topological polar surface area (TPSA) is 26.3 Å². The van der Waals surface area contributed by atoms with Crippen LogP contribution in [0.25, 0.3) is 0 Å². The van der Waals surface area contributed by atoms with E-state index in [9.17, 15) is 4.79 Å². The van der Waals surface area contributed by atoms with Gasteiger partial charge in [0.1, 0.15) is 0 Å². The molecular formula is C15H30O2. The maximum absolute atomic E-state index is 9.88. The van der Waals surface area contributed by atoms with Gasteiger partial charge in [0.15, 0.2) is 0 Å². The fourth-order valence-electron chi connectivity index (χ4n) is 2.07. The van der Waals surface area contributed by atoms with Crippen molar-refractivity contribution >= 4 is 6.47 Å². The SMILES string of the molecule is CCCCCCCCCCCCCCOC=O. The molecule has 2 nitrogen and oxygen atoms in total. The minimum Gasteiger partial charge on any atom is -0.468 e. The zero-order valence-corrected chi connectivity index (χ0v) is 11.6. The van der Waals surface area contributed by atoms with Gasteiger partial charge in [-0.05, 0) is 6.42 Å². The van der Waals surface area contributed by atoms with Crippen molar-refractivity contribution < 1.29 is 9.53 Å². The van der Waals surface area contributed by atoms with Crippen molar-refractivity contribution in [2.45, 2.75) is 84.0 Å². The minimum atomic E-state index is 0.540. The highest BCUT2D eigenvalue weighted by Crippen LogP contribution is 2.11. The Kier molecular flexibility index (Phi) is 15.0. The van der Waals surface area contributed by atoms with Crippen LogP contribution in [0.2, 0.25) is 0 Å². The second-order valence-electron chi connectivity index (χ2n) is 4.86. The Labute approximate surface area is 107 Å². The van der Waals surface area contributed by atoms with E-state index in [1.54, 1.807) is 0 Å². The van der Waals surface area contributed by atoms with Crippen molar-refractivity contribution in [3.05, 3.63) is 0 Å². The molecule has 0 aliphatic heterocycles. The van der Waals surface area contributed by atoms with E-state index in [1.807, 2.05) is 0 Å². The summed E-state index contributed by atoms with van der Waals surface area (Å²) in [5.74, 6) is 0. The van der Waals surface area contributed by atoms with E-state index in [-0.39, 0.29) is 0 Å². The number of ether oxygens (including phenoxy) is 1. The molecule has 0 N–H and O–H groups in total. The third kappa shape index (κ3) is 15.5. The van der Waals surface area contributed by atoms with Gasteiger partial charge in [0, 0.05) is 0 Å². The van der Waals surface area contributed by atoms with Gasteiger partial charge in [-0.25, -0.2) is 0 Å². The molecule has 102 valence electrons. The van der Waals surface area contributed by atoms with Gasteiger partial charge >= 0.3 is 0 Å². The standard InChI is InChI=1S/C15H30O2/c1-2-3-4-5-6-7-8-9-10-11-12-13-14-17-15-16/h15H,2-14H2,1H3. The first-order valence-electron chi connectivity index (χ1n) is 7.47. The Morgan fingerprint density at radius 3 is 1.53 bits per heavy atom. The Hall–Kier alpha value is -0.530. The summed E-state index contributed by atoms with van der Waals surface area (Å²) >= 11 is 0. The predicted molar refractivity (Wildman–Crippen MR) is 73.1 cm³/mol. The van der Waals surface area contributed by atoms with E-state index in [1.165, 1.54) is 70.6 Å². The van der Waals surface area contributed by atoms with Crippen LogP contribution in [0.5, 0.6) is 0 Å². The van der Waals surface area contributed by atoms with Crippen LogP contribution in [0.15, 0.2) is 0 Å². The van der Waals surface area contributed by atoms with Gasteiger partial charge in [-0.15, -0.1) is 0 Å². The number of rotatable bonds is 14. The van der Waals surface area contributed by atoms with Crippen LogP contribution >= 0.6 is 0 Å². The van der Waals surface area contributed by atoms with Crippen LogP contribution in [0.1, 0.15) is 84.0 Å². The van der Waals surface area contributed by atoms with Crippen molar-refractivity contribution in [2.75, 3.05) is 6.61 Å². The second kappa shape index (κ2) is 15.5. The molecular weight excluding hydrogens is 212 g/mol. The van der Waals surface area contributed by atoms with Gasteiger partial charge in [-0.1, -0.05) is 77.6 Å². The monoisotopic (exact) mass is 242 g/mol. The smallest absolute Gasteiger partial charge is 0.293 e. The molecule has 2 heteroatoms. The van der Waals surface area contributed by atoms with E-state index >= 15 is 0 Å². The van der Waals surface area contributed by atoms with Crippen LogP contribution in [-0.4, -0.2) is 13.1 Å². The summed E-state index contributed by atoms with van der Waals surface area (Å²) in [6.45, 7) is 3.40. The van der Waals surface area contributed by atoms with E-state index in [0.717, 1.165) is 6.42 Å². The number of carbonyl (C=O) groups is 1. The molecule has 17 heavy (non-hydrogen) atoms. The lowest BCUT2D eigenvalue weighted by Gasteiger charge is -2.02. The van der Waals surface area contributed by atoms with Gasteiger partial charge in [0.25, 0.3) is 6.47 Å². The van der Waals surface area contributed by atoms with Crippen molar-refractivity contribution in [1.82, 2.24) is 0 Å². The Balaban J connectivity index is 2.87. The fraction of sp³-hybridized carbons (Fsp3) is 0.933. The lowest BCUT2D eigenvalue weighted by molar-refractivity contribution is -0.128. The first-order valence-corrected chi connectivity index (χ1v) is 7.47. The molecule has 0 heterocycles. The average molecular weight is 242 g/mol. The van der Waals surface area contributed by atoms with Crippen LogP contribution < -0.4 is 0 Å². The molecule has 0 aliphatic carbocycles. The molecule has 0 aromatic rings. The lowest BCUT2D eigenvalue weighted by atomic mass is 10.1. The molecule has 0 rings (SSSR count). The summed E-state index contributed by atoms with van der Waals surface area (Å²) in [7, 11) is 0. The summed E-state index contributed by atoms with van der Waals surface area (Å²) in [5, 5.41) is 0. The molecule has 0 saturated carbocycles. The highest BCUT2D eigenvalue weighted by Gasteiger charge is 1.93. The summed E-state index contributed by atoms with van der Waals surface area (Å²) in [4.78, 5) is 9.88. The zero-order chi connectivity index (χ0) is 12.6. The molecule has 0 fully saturated rings. The number of hydrogen-bond donors (Lipinski definition) is 0. The molecule has 0 saturated heterocycles. The molecule has 0 aromatic carbocycles. The Bertz CT molecular complexity index is 146. The van der Waals surface area contributed by atoms with E-state index < -0.39 is 0 Å². The summed E-state index contributed by atoms with van der Waals surface area (Å²) in [6, 6.07) is 0. The maximum Gasteiger partial charge on any atom is 0.293 e. The Morgan fingerprint density at radius 1 is 0.706 bits per heavy atom. The number of hydrogen-bond acceptors (Lipinski definition) is 2. The molecule has 0 unspecified atom stereocenters. The van der Waals surface area contributed by atoms with E-state index in [0.29, 0.717) is 13.1 Å². The molecule has 0 aromatic heterocycles. The van der Waals surface area contributed by atoms with E-state index in [4.69, 9.17) is 0 Å². The third-order valence-electron chi connectivity index (χ3n) is 3.18. The average Bonchev–Trinajstić information content (AvgIpc) is 2.35. The van der Waals surface area contributed by atoms with Gasteiger partial charge < -0.3 is 4.74 Å². The van der Waals surface area contributed by atoms with Crippen molar-refractivity contribution in [1.29, 1.82) is 0 Å². The summed E-state index contributed by atoms with van der Waals surface area (Å²) in [5.41, 5.74) is 0. The summed E-state index contributed by atoms with van der Waals surface area (Å²) in [6.07, 6.45) is 16.1. The highest BCUT2D eigenvalue weighted by atomic mass is 16.5. The molecule has 0 radical (unpaired) electrons. The zero-order valence-electron chi connectivity index (χ0n) is 11.6. The highest BCUT2D eigenvalue weighted by molar-refractivity contribution is 5.36.